The van der Waals surface area contributed by atoms with Gasteiger partial charge in [0, 0.05) is 42.9 Å². The van der Waals surface area contributed by atoms with Gasteiger partial charge < -0.3 is 25.1 Å². The number of nitrogens with one attached hydrogen (secondary N) is 2. The van der Waals surface area contributed by atoms with Crippen LogP contribution < -0.4 is 34.2 Å². The smallest absolute Gasteiger partial charge is 0.544 e. The molecule has 2 aromatic rings. The number of anilines is 1. The number of aromatic nitrogens is 2. The first-order valence-electron chi connectivity index (χ1n) is 7.63. The van der Waals surface area contributed by atoms with Crippen LogP contribution in [0.15, 0.2) is 6.20 Å². The van der Waals surface area contributed by atoms with Crippen LogP contribution >= 0.6 is 34.5 Å². The number of aromatic amines is 1. The molecule has 1 saturated heterocycles. The van der Waals surface area contributed by atoms with Crippen LogP contribution in [0.2, 0.25) is 10.0 Å². The van der Waals surface area contributed by atoms with E-state index in [1.807, 2.05) is 4.90 Å². The third-order valence-electron chi connectivity index (χ3n) is 4.74. The predicted molar refractivity (Wildman–Crippen MR) is 92.4 cm³/mol. The van der Waals surface area contributed by atoms with Gasteiger partial charge in [-0.05, 0) is 6.92 Å². The summed E-state index contributed by atoms with van der Waals surface area (Å²) in [6.07, 6.45) is 1.32. The molecule has 3 atom stereocenters. The average molecular weight is 407 g/mol. The molecule has 132 valence electrons. The van der Waals surface area contributed by atoms with Crippen molar-refractivity contribution >= 4 is 51.5 Å². The van der Waals surface area contributed by atoms with Gasteiger partial charge in [-0.1, -0.05) is 34.5 Å². The van der Waals surface area contributed by atoms with Gasteiger partial charge in [0.05, 0.1) is 20.9 Å². The van der Waals surface area contributed by atoms with Crippen LogP contribution in [0, 0.1) is 18.8 Å². The maximum atomic E-state index is 12.4. The number of aryl methyl sites for hydroxylation is 1. The van der Waals surface area contributed by atoms with E-state index in [9.17, 15) is 14.7 Å². The molecule has 1 amide bonds. The summed E-state index contributed by atoms with van der Waals surface area (Å²) >= 11 is 13.2. The molecule has 4 rings (SSSR count). The monoisotopic (exact) mass is 406 g/mol. The van der Waals surface area contributed by atoms with Gasteiger partial charge in [-0.15, -0.1) is 0 Å². The number of carboxylic acid groups (broad SMARTS) is 1. The molecule has 0 spiro atoms. The standard InChI is InChI=1S/C15H14Cl2N4O3S.Li/c1-5-9(16)10(17)12(19-5)13(22)20-11-6-3-21(4-7(6)11)15-18-2-8(25-15)14(23)24;/h2,6-7,11,19H,3-4H2,1H3,(H,20,22)(H,23,24);/q;+1/p-1/t6-,7+,11?;. The molecular weight excluding hydrogens is 394 g/mol. The molecule has 2 fully saturated rings. The molecule has 2 aromatic heterocycles. The number of carbonyl (C=O) groups excluding carboxylic acids is 2. The van der Waals surface area contributed by atoms with Crippen molar-refractivity contribution in [2.24, 2.45) is 11.8 Å². The molecule has 1 aliphatic heterocycles. The molecule has 1 unspecified atom stereocenters. The second-order valence-corrected chi connectivity index (χ2v) is 8.04. The fourth-order valence-electron chi connectivity index (χ4n) is 3.35. The van der Waals surface area contributed by atoms with E-state index < -0.39 is 5.97 Å². The summed E-state index contributed by atoms with van der Waals surface area (Å²) in [6.45, 7) is 3.21. The summed E-state index contributed by atoms with van der Waals surface area (Å²) < 4.78 is 0. The minimum atomic E-state index is -1.21. The zero-order valence-electron chi connectivity index (χ0n) is 14.0. The Balaban J connectivity index is 0.00000196. The number of rotatable bonds is 4. The summed E-state index contributed by atoms with van der Waals surface area (Å²) in [5.41, 5.74) is 0.941. The van der Waals surface area contributed by atoms with Crippen LogP contribution in [0.25, 0.3) is 0 Å². The molecule has 1 saturated carbocycles. The number of fused-ring (bicyclic) bond motifs is 1. The number of H-pyrrole nitrogens is 1. The Hall–Kier alpha value is -1.17. The van der Waals surface area contributed by atoms with Crippen molar-refractivity contribution < 1.29 is 33.6 Å². The van der Waals surface area contributed by atoms with E-state index in [-0.39, 0.29) is 46.4 Å². The van der Waals surface area contributed by atoms with E-state index in [0.29, 0.717) is 27.7 Å². The summed E-state index contributed by atoms with van der Waals surface area (Å²) in [5, 5.41) is 15.1. The molecule has 26 heavy (non-hydrogen) atoms. The Bertz CT molecular complexity index is 874. The first-order chi connectivity index (χ1) is 11.9. The second kappa shape index (κ2) is 7.10. The van der Waals surface area contributed by atoms with Crippen LogP contribution in [0.5, 0.6) is 0 Å². The van der Waals surface area contributed by atoms with Crippen molar-refractivity contribution in [3.05, 3.63) is 32.5 Å². The van der Waals surface area contributed by atoms with Crippen molar-refractivity contribution in [2.75, 3.05) is 18.0 Å². The number of hydrogen-bond acceptors (Lipinski definition) is 6. The molecule has 0 bridgehead atoms. The van der Waals surface area contributed by atoms with Gasteiger partial charge in [0.25, 0.3) is 5.91 Å². The molecular formula is C15H13Cl2LiN4O3S. The number of carbonyl (C=O) groups is 2. The third-order valence-corrected chi connectivity index (χ3v) is 6.72. The molecule has 7 nitrogen and oxygen atoms in total. The van der Waals surface area contributed by atoms with E-state index in [2.05, 4.69) is 15.3 Å². The minimum absolute atomic E-state index is 0. The zero-order valence-corrected chi connectivity index (χ0v) is 16.3. The quantitative estimate of drug-likeness (QED) is 0.590. The first-order valence-corrected chi connectivity index (χ1v) is 9.20. The predicted octanol–water partition coefficient (Wildman–Crippen LogP) is -1.68. The summed E-state index contributed by atoms with van der Waals surface area (Å²) in [6, 6.07) is 0.0859. The Morgan fingerprint density at radius 1 is 1.35 bits per heavy atom. The molecule has 2 aliphatic rings. The topological polar surface area (TPSA) is 101 Å². The minimum Gasteiger partial charge on any atom is -0.544 e. The van der Waals surface area contributed by atoms with Crippen LogP contribution in [0.4, 0.5) is 5.13 Å². The number of aromatic carboxylic acids is 1. The fraction of sp³-hybridized carbons (Fsp3) is 0.400. The maximum Gasteiger partial charge on any atom is 1.00 e. The van der Waals surface area contributed by atoms with Gasteiger partial charge in [0.2, 0.25) is 0 Å². The van der Waals surface area contributed by atoms with Crippen LogP contribution in [-0.2, 0) is 0 Å². The molecule has 2 N–H and O–H groups in total. The maximum absolute atomic E-state index is 12.4. The Kier molecular flexibility index (Phi) is 5.35. The van der Waals surface area contributed by atoms with Crippen molar-refractivity contribution in [3.63, 3.8) is 0 Å². The Labute approximate surface area is 175 Å². The molecule has 0 radical (unpaired) electrons. The Morgan fingerprint density at radius 2 is 2.00 bits per heavy atom. The van der Waals surface area contributed by atoms with Gasteiger partial charge >= 0.3 is 18.9 Å². The Morgan fingerprint density at radius 3 is 2.50 bits per heavy atom. The van der Waals surface area contributed by atoms with Gasteiger partial charge in [-0.25, -0.2) is 4.98 Å². The normalized spacial score (nSPS) is 23.3. The molecule has 3 heterocycles. The second-order valence-electron chi connectivity index (χ2n) is 6.28. The van der Waals surface area contributed by atoms with Crippen molar-refractivity contribution in [3.8, 4) is 0 Å². The van der Waals surface area contributed by atoms with Gasteiger partial charge in [0.15, 0.2) is 5.13 Å². The average Bonchev–Trinajstić information content (AvgIpc) is 3.02. The third kappa shape index (κ3) is 3.25. The summed E-state index contributed by atoms with van der Waals surface area (Å²) in [7, 11) is 0. The van der Waals surface area contributed by atoms with Gasteiger partial charge in [-0.3, -0.25) is 4.79 Å². The van der Waals surface area contributed by atoms with Crippen molar-refractivity contribution in [1.29, 1.82) is 0 Å². The van der Waals surface area contributed by atoms with E-state index in [0.717, 1.165) is 24.4 Å². The van der Waals surface area contributed by atoms with Crippen LogP contribution in [0.1, 0.15) is 25.9 Å². The van der Waals surface area contributed by atoms with E-state index >= 15 is 0 Å². The molecule has 11 heteroatoms. The molecule has 0 aromatic carbocycles. The number of amides is 1. The summed E-state index contributed by atoms with van der Waals surface area (Å²) in [4.78, 5) is 32.4. The van der Waals surface area contributed by atoms with E-state index in [1.165, 1.54) is 6.20 Å². The van der Waals surface area contributed by atoms with Gasteiger partial charge in [-0.2, -0.15) is 0 Å². The van der Waals surface area contributed by atoms with Crippen molar-refractivity contribution in [2.45, 2.75) is 13.0 Å². The zero-order chi connectivity index (χ0) is 17.9. The van der Waals surface area contributed by atoms with Gasteiger partial charge in [0.1, 0.15) is 5.69 Å². The number of halogens is 2. The van der Waals surface area contributed by atoms with Crippen molar-refractivity contribution in [1.82, 2.24) is 15.3 Å². The van der Waals surface area contributed by atoms with E-state index in [4.69, 9.17) is 23.2 Å². The van der Waals surface area contributed by atoms with Crippen LogP contribution in [-0.4, -0.2) is 41.0 Å². The first kappa shape index (κ1) is 19.6. The summed E-state index contributed by atoms with van der Waals surface area (Å²) in [5.74, 6) is -0.830. The SMILES string of the molecule is Cc1[nH]c(C(=O)NC2[C@H]3CN(c4ncc(C(=O)[O-])s4)C[C@@H]23)c(Cl)c1Cl.[Li+]. The number of thiazole rings is 1. The van der Waals surface area contributed by atoms with Crippen LogP contribution in [0.3, 0.4) is 0 Å². The number of nitrogens with zero attached hydrogens (tertiary/aromatic N) is 2. The fourth-order valence-corrected chi connectivity index (χ4v) is 4.54. The van der Waals surface area contributed by atoms with E-state index in [1.54, 1.807) is 6.92 Å². The number of piperidine rings is 1. The molecule has 1 aliphatic carbocycles. The largest absolute Gasteiger partial charge is 1.00 e. The number of hydrogen-bond donors (Lipinski definition) is 2. The number of carboxylic acids is 1.